The summed E-state index contributed by atoms with van der Waals surface area (Å²) in [4.78, 5) is 22.0. The average Bonchev–Trinajstić information content (AvgIpc) is 2.92. The molecule has 1 atom stereocenters. The summed E-state index contributed by atoms with van der Waals surface area (Å²) in [6.07, 6.45) is 5.07. The van der Waals surface area contributed by atoms with Crippen LogP contribution in [0.4, 0.5) is 0 Å². The molecule has 1 aliphatic heterocycles. The third kappa shape index (κ3) is 4.95. The first-order chi connectivity index (χ1) is 9.96. The van der Waals surface area contributed by atoms with E-state index in [4.69, 9.17) is 14.6 Å². The van der Waals surface area contributed by atoms with Crippen LogP contribution in [-0.2, 0) is 20.7 Å². The Morgan fingerprint density at radius 2 is 2.33 bits per heavy atom. The van der Waals surface area contributed by atoms with E-state index in [1.807, 2.05) is 0 Å². The highest BCUT2D eigenvalue weighted by Gasteiger charge is 2.27. The number of carboxylic acid groups (broad SMARTS) is 1. The first-order valence-electron chi connectivity index (χ1n) is 6.91. The fourth-order valence-corrected chi connectivity index (χ4v) is 1.95. The van der Waals surface area contributed by atoms with Crippen molar-refractivity contribution < 1.29 is 19.4 Å². The van der Waals surface area contributed by atoms with Crippen LogP contribution in [-0.4, -0.2) is 52.8 Å². The van der Waals surface area contributed by atoms with Crippen LogP contribution in [0.1, 0.15) is 26.0 Å². The van der Waals surface area contributed by atoms with Crippen LogP contribution in [0, 0.1) is 5.41 Å². The van der Waals surface area contributed by atoms with Gasteiger partial charge in [0.05, 0.1) is 19.5 Å². The van der Waals surface area contributed by atoms with Crippen molar-refractivity contribution in [3.8, 4) is 0 Å². The summed E-state index contributed by atoms with van der Waals surface area (Å²) in [7, 11) is 0. The topological polar surface area (TPSA) is 96.8 Å². The Hall–Kier alpha value is -1.73. The zero-order valence-corrected chi connectivity index (χ0v) is 12.3. The zero-order chi connectivity index (χ0) is 15.3. The predicted octanol–water partition coefficient (Wildman–Crippen LogP) is 1.27. The van der Waals surface area contributed by atoms with Gasteiger partial charge < -0.3 is 19.6 Å². The van der Waals surface area contributed by atoms with Crippen molar-refractivity contribution in [3.63, 3.8) is 0 Å². The molecule has 0 aliphatic carbocycles. The number of carboxylic acids is 1. The first-order valence-corrected chi connectivity index (χ1v) is 6.91. The summed E-state index contributed by atoms with van der Waals surface area (Å²) in [5, 5.41) is 9.17. The fraction of sp³-hybridized carbons (Fsp3) is 0.643. The van der Waals surface area contributed by atoms with E-state index in [9.17, 15) is 4.79 Å². The normalized spacial score (nSPS) is 20.7. The standard InChI is InChI=1S/C14H21N3O4/c1-14(2)7-20-12(21-8-14)3-4-16-11(13(18)19)5-10-6-15-9-17-10/h4,6,9,11-12H,3,5,7-8H2,1-2H3,(H,15,17)(H,18,19)/t11-/m0/s1. The quantitative estimate of drug-likeness (QED) is 0.770. The van der Waals surface area contributed by atoms with E-state index in [1.54, 1.807) is 12.4 Å². The van der Waals surface area contributed by atoms with Crippen LogP contribution >= 0.6 is 0 Å². The highest BCUT2D eigenvalue weighted by atomic mass is 16.7. The maximum absolute atomic E-state index is 11.2. The van der Waals surface area contributed by atoms with Gasteiger partial charge in [0.25, 0.3) is 0 Å². The number of hydrogen-bond donors (Lipinski definition) is 2. The second-order valence-corrected chi connectivity index (χ2v) is 5.92. The lowest BCUT2D eigenvalue weighted by atomic mass is 9.95. The van der Waals surface area contributed by atoms with Crippen LogP contribution in [0.2, 0.25) is 0 Å². The van der Waals surface area contributed by atoms with Gasteiger partial charge in [-0.15, -0.1) is 0 Å². The molecule has 1 fully saturated rings. The first kappa shape index (κ1) is 15.7. The lowest BCUT2D eigenvalue weighted by Crippen LogP contribution is -2.37. The Morgan fingerprint density at radius 1 is 1.62 bits per heavy atom. The van der Waals surface area contributed by atoms with Crippen LogP contribution in [0.15, 0.2) is 17.5 Å². The summed E-state index contributed by atoms with van der Waals surface area (Å²) < 4.78 is 11.1. The van der Waals surface area contributed by atoms with Crippen LogP contribution in [0.3, 0.4) is 0 Å². The number of aromatic amines is 1. The molecule has 2 N–H and O–H groups in total. The fourth-order valence-electron chi connectivity index (χ4n) is 1.95. The predicted molar refractivity (Wildman–Crippen MR) is 76.3 cm³/mol. The monoisotopic (exact) mass is 295 g/mol. The molecule has 1 saturated heterocycles. The van der Waals surface area contributed by atoms with Crippen molar-refractivity contribution in [2.75, 3.05) is 13.2 Å². The van der Waals surface area contributed by atoms with Gasteiger partial charge in [0, 0.05) is 36.4 Å². The molecular formula is C14H21N3O4. The van der Waals surface area contributed by atoms with Gasteiger partial charge in [0.2, 0.25) is 0 Å². The van der Waals surface area contributed by atoms with Crippen molar-refractivity contribution in [2.45, 2.75) is 39.0 Å². The molecule has 0 unspecified atom stereocenters. The number of H-pyrrole nitrogens is 1. The molecular weight excluding hydrogens is 274 g/mol. The third-order valence-corrected chi connectivity index (χ3v) is 3.16. The molecule has 1 aromatic heterocycles. The van der Waals surface area contributed by atoms with Crippen molar-refractivity contribution in [2.24, 2.45) is 10.4 Å². The van der Waals surface area contributed by atoms with Gasteiger partial charge in [-0.25, -0.2) is 9.78 Å². The number of nitrogens with zero attached hydrogens (tertiary/aromatic N) is 2. The molecule has 21 heavy (non-hydrogen) atoms. The van der Waals surface area contributed by atoms with Gasteiger partial charge in [-0.1, -0.05) is 13.8 Å². The van der Waals surface area contributed by atoms with Crippen molar-refractivity contribution >= 4 is 12.2 Å². The molecule has 0 aromatic carbocycles. The molecule has 2 rings (SSSR count). The minimum absolute atomic E-state index is 0.0257. The van der Waals surface area contributed by atoms with E-state index in [2.05, 4.69) is 28.8 Å². The maximum Gasteiger partial charge on any atom is 0.328 e. The number of aliphatic carboxylic acids is 1. The second kappa shape index (κ2) is 6.82. The molecule has 0 spiro atoms. The highest BCUT2D eigenvalue weighted by molar-refractivity contribution is 5.76. The molecule has 0 saturated carbocycles. The summed E-state index contributed by atoms with van der Waals surface area (Å²) in [6.45, 7) is 5.40. The molecule has 116 valence electrons. The maximum atomic E-state index is 11.2. The van der Waals surface area contributed by atoms with E-state index in [-0.39, 0.29) is 18.1 Å². The number of aliphatic imine (C=N–C) groups is 1. The Kier molecular flexibility index (Phi) is 5.08. The van der Waals surface area contributed by atoms with Gasteiger partial charge in [-0.05, 0) is 0 Å². The molecule has 0 radical (unpaired) electrons. The van der Waals surface area contributed by atoms with E-state index in [0.29, 0.717) is 19.6 Å². The number of rotatable bonds is 6. The van der Waals surface area contributed by atoms with E-state index in [0.717, 1.165) is 5.69 Å². The number of hydrogen-bond acceptors (Lipinski definition) is 5. The number of ether oxygens (including phenoxy) is 2. The van der Waals surface area contributed by atoms with Crippen LogP contribution in [0.5, 0.6) is 0 Å². The van der Waals surface area contributed by atoms with E-state index >= 15 is 0 Å². The molecule has 7 nitrogen and oxygen atoms in total. The summed E-state index contributed by atoms with van der Waals surface area (Å²) in [5.41, 5.74) is 0.768. The van der Waals surface area contributed by atoms with Crippen molar-refractivity contribution in [1.82, 2.24) is 9.97 Å². The summed E-state index contributed by atoms with van der Waals surface area (Å²) in [6, 6.07) is -0.828. The summed E-state index contributed by atoms with van der Waals surface area (Å²) >= 11 is 0. The van der Waals surface area contributed by atoms with Gasteiger partial charge in [-0.2, -0.15) is 0 Å². The van der Waals surface area contributed by atoms with Gasteiger partial charge in [0.1, 0.15) is 0 Å². The second-order valence-electron chi connectivity index (χ2n) is 5.92. The number of imidazole rings is 1. The van der Waals surface area contributed by atoms with Crippen molar-refractivity contribution in [1.29, 1.82) is 0 Å². The van der Waals surface area contributed by atoms with Gasteiger partial charge in [-0.3, -0.25) is 4.99 Å². The number of carbonyl (C=O) groups is 1. The SMILES string of the molecule is CC1(C)COC(CC=N[C@@H](Cc2cnc[nH]2)C(=O)O)OC1. The molecule has 2 heterocycles. The number of aromatic nitrogens is 2. The Morgan fingerprint density at radius 3 is 2.90 bits per heavy atom. The highest BCUT2D eigenvalue weighted by Crippen LogP contribution is 2.23. The third-order valence-electron chi connectivity index (χ3n) is 3.16. The zero-order valence-electron chi connectivity index (χ0n) is 12.3. The molecule has 0 bridgehead atoms. The Bertz CT molecular complexity index is 474. The van der Waals surface area contributed by atoms with Crippen molar-refractivity contribution in [3.05, 3.63) is 18.2 Å². The number of nitrogens with one attached hydrogen (secondary N) is 1. The minimum atomic E-state index is -0.965. The smallest absolute Gasteiger partial charge is 0.328 e. The molecule has 1 aromatic rings. The van der Waals surface area contributed by atoms with Crippen LogP contribution in [0.25, 0.3) is 0 Å². The minimum Gasteiger partial charge on any atom is -0.480 e. The van der Waals surface area contributed by atoms with Gasteiger partial charge >= 0.3 is 5.97 Å². The molecule has 1 aliphatic rings. The van der Waals surface area contributed by atoms with E-state index in [1.165, 1.54) is 6.33 Å². The molecule has 7 heteroatoms. The lowest BCUT2D eigenvalue weighted by molar-refractivity contribution is -0.217. The largest absolute Gasteiger partial charge is 0.480 e. The lowest BCUT2D eigenvalue weighted by Gasteiger charge is -2.34. The van der Waals surface area contributed by atoms with E-state index < -0.39 is 12.0 Å². The van der Waals surface area contributed by atoms with Gasteiger partial charge in [0.15, 0.2) is 12.3 Å². The summed E-state index contributed by atoms with van der Waals surface area (Å²) in [5.74, 6) is -0.965. The Labute approximate surface area is 123 Å². The van der Waals surface area contributed by atoms with Crippen LogP contribution < -0.4 is 0 Å². The molecule has 0 amide bonds. The average molecular weight is 295 g/mol. The Balaban J connectivity index is 1.82.